The number of aromatic amines is 1. The molecule has 1 aromatic heterocycles. The van der Waals surface area contributed by atoms with Gasteiger partial charge in [0, 0.05) is 55.1 Å². The number of rotatable bonds is 11. The van der Waals surface area contributed by atoms with Crippen LogP contribution in [0.1, 0.15) is 92.8 Å². The molecule has 5 aliphatic rings. The number of nitrogens with one attached hydrogen (secondary N) is 3. The molecule has 3 aliphatic carbocycles. The van der Waals surface area contributed by atoms with E-state index in [9.17, 15) is 10.2 Å². The van der Waals surface area contributed by atoms with Crippen molar-refractivity contribution in [2.75, 3.05) is 32.7 Å². The number of phenolic OH excluding ortho intramolecular Hbond substituents is 1. The zero-order valence-electron chi connectivity index (χ0n) is 26.9. The summed E-state index contributed by atoms with van der Waals surface area (Å²) in [6.07, 6.45) is 9.91. The van der Waals surface area contributed by atoms with E-state index in [1.54, 1.807) is 6.07 Å². The van der Waals surface area contributed by atoms with Gasteiger partial charge < -0.3 is 30.6 Å². The highest BCUT2D eigenvalue weighted by Crippen LogP contribution is 2.69. The Labute approximate surface area is 266 Å². The van der Waals surface area contributed by atoms with Crippen molar-refractivity contribution < 1.29 is 14.9 Å². The van der Waals surface area contributed by atoms with Gasteiger partial charge in [-0.15, -0.1) is 0 Å². The predicted octanol–water partition coefficient (Wildman–Crippen LogP) is 5.25. The number of hydrogen-bond donors (Lipinski definition) is 5. The van der Waals surface area contributed by atoms with Crippen molar-refractivity contribution >= 4 is 16.9 Å². The highest BCUT2D eigenvalue weighted by molar-refractivity contribution is 5.87. The van der Waals surface area contributed by atoms with Crippen LogP contribution in [0.4, 0.5) is 0 Å². The number of H-pyrrole nitrogens is 1. The number of piperidine rings is 1. The molecule has 3 heterocycles. The lowest BCUT2D eigenvalue weighted by molar-refractivity contribution is -0.173. The van der Waals surface area contributed by atoms with Crippen molar-refractivity contribution in [3.63, 3.8) is 0 Å². The van der Waals surface area contributed by atoms with Crippen molar-refractivity contribution in [1.29, 1.82) is 0 Å². The van der Waals surface area contributed by atoms with Crippen LogP contribution in [0.5, 0.6) is 11.5 Å². The summed E-state index contributed by atoms with van der Waals surface area (Å²) in [5.74, 6) is 2.45. The van der Waals surface area contributed by atoms with E-state index in [1.807, 2.05) is 0 Å². The van der Waals surface area contributed by atoms with Gasteiger partial charge in [-0.2, -0.15) is 0 Å². The van der Waals surface area contributed by atoms with Crippen LogP contribution in [0, 0.1) is 5.92 Å². The van der Waals surface area contributed by atoms with Gasteiger partial charge in [-0.1, -0.05) is 38.8 Å². The Morgan fingerprint density at radius 1 is 1.11 bits per heavy atom. The maximum absolute atomic E-state index is 13.1. The Kier molecular flexibility index (Phi) is 7.29. The first-order valence-corrected chi connectivity index (χ1v) is 17.6. The third-order valence-corrected chi connectivity index (χ3v) is 11.5. The summed E-state index contributed by atoms with van der Waals surface area (Å²) in [5, 5.41) is 32.4. The molecule has 5 N–H and O–H groups in total. The minimum atomic E-state index is -0.968. The van der Waals surface area contributed by atoms with E-state index in [4.69, 9.17) is 9.73 Å². The average molecular weight is 612 g/mol. The predicted molar refractivity (Wildman–Crippen MR) is 178 cm³/mol. The van der Waals surface area contributed by atoms with Gasteiger partial charge in [0.25, 0.3) is 0 Å². The largest absolute Gasteiger partial charge is 0.504 e. The minimum absolute atomic E-state index is 0.0389. The van der Waals surface area contributed by atoms with E-state index in [1.165, 1.54) is 34.9 Å². The van der Waals surface area contributed by atoms with Crippen LogP contribution in [0.3, 0.4) is 0 Å². The Hall–Kier alpha value is -3.23. The average Bonchev–Trinajstić information content (AvgIpc) is 3.68. The van der Waals surface area contributed by atoms with Crippen LogP contribution >= 0.6 is 0 Å². The summed E-state index contributed by atoms with van der Waals surface area (Å²) in [6.45, 7) is 9.02. The fraction of sp³-hybridized carbons (Fsp3) is 0.595. The molecular weight excluding hydrogens is 562 g/mol. The van der Waals surface area contributed by atoms with Crippen LogP contribution in [-0.4, -0.2) is 70.4 Å². The standard InChI is InChI=1S/C37H49N5O3/c1-3-5-15-38-35(39-16-6-4-2)40-17-13-23-9-11-28-26(19-23)27-21-37(44)30-20-25-10-12-29(43)33-31(25)36(37,34(45-33)32(27)41-28)14-18-42(30)22-24-7-8-24/h9-12,19,24,30,34,41,43-44H,3-8,13-18,20-22H2,1-2H3,(H2,38,39,40)/t30-,34-,36-,37+/m0/s1. The molecule has 2 fully saturated rings. The fourth-order valence-electron chi connectivity index (χ4n) is 9.06. The number of benzene rings is 2. The highest BCUT2D eigenvalue weighted by Gasteiger charge is 2.72. The molecule has 0 radical (unpaired) electrons. The second-order valence-corrected chi connectivity index (χ2v) is 14.4. The van der Waals surface area contributed by atoms with Crippen molar-refractivity contribution in [2.45, 2.75) is 101 Å². The Balaban J connectivity index is 1.11. The smallest absolute Gasteiger partial charge is 0.191 e. The lowest BCUT2D eigenvalue weighted by Gasteiger charge is -2.62. The number of aliphatic imine (C=N–C) groups is 1. The Morgan fingerprint density at radius 3 is 2.78 bits per heavy atom. The van der Waals surface area contributed by atoms with Crippen LogP contribution in [0.15, 0.2) is 35.3 Å². The van der Waals surface area contributed by atoms with E-state index in [0.717, 1.165) is 106 Å². The van der Waals surface area contributed by atoms with Crippen LogP contribution in [0.2, 0.25) is 0 Å². The van der Waals surface area contributed by atoms with Gasteiger partial charge in [-0.05, 0) is 92.3 Å². The molecular formula is C37H49N5O3. The zero-order chi connectivity index (χ0) is 30.8. The van der Waals surface area contributed by atoms with Gasteiger partial charge in [-0.3, -0.25) is 9.89 Å². The maximum atomic E-state index is 13.1. The Bertz CT molecular complexity index is 1630. The van der Waals surface area contributed by atoms with Gasteiger partial charge in [-0.25, -0.2) is 0 Å². The summed E-state index contributed by atoms with van der Waals surface area (Å²) < 4.78 is 6.77. The topological polar surface area (TPSA) is 105 Å². The quantitative estimate of drug-likeness (QED) is 0.115. The summed E-state index contributed by atoms with van der Waals surface area (Å²) in [5.41, 5.74) is 5.39. The number of nitrogens with zero attached hydrogens (tertiary/aromatic N) is 2. The van der Waals surface area contributed by atoms with E-state index >= 15 is 0 Å². The van der Waals surface area contributed by atoms with Crippen LogP contribution in [0.25, 0.3) is 10.9 Å². The van der Waals surface area contributed by atoms with Gasteiger partial charge in [0.05, 0.1) is 16.7 Å². The monoisotopic (exact) mass is 611 g/mol. The minimum Gasteiger partial charge on any atom is -0.504 e. The summed E-state index contributed by atoms with van der Waals surface area (Å²) in [6, 6.07) is 10.6. The molecule has 2 bridgehead atoms. The van der Waals surface area contributed by atoms with Gasteiger partial charge in [0.2, 0.25) is 0 Å². The number of fused-ring (bicyclic) bond motifs is 4. The van der Waals surface area contributed by atoms with Gasteiger partial charge in [0.1, 0.15) is 0 Å². The second kappa shape index (κ2) is 11.2. The van der Waals surface area contributed by atoms with Crippen molar-refractivity contribution in [3.8, 4) is 11.5 Å². The number of guanidine groups is 1. The number of ether oxygens (including phenoxy) is 1. The van der Waals surface area contributed by atoms with E-state index in [0.29, 0.717) is 12.2 Å². The lowest BCUT2D eigenvalue weighted by Crippen LogP contribution is -2.74. The fourth-order valence-corrected chi connectivity index (χ4v) is 9.06. The summed E-state index contributed by atoms with van der Waals surface area (Å²) >= 11 is 0. The number of likely N-dealkylation sites (tertiary alicyclic amines) is 1. The van der Waals surface area contributed by atoms with Crippen LogP contribution in [-0.2, 0) is 24.7 Å². The first-order valence-electron chi connectivity index (χ1n) is 17.6. The maximum Gasteiger partial charge on any atom is 0.191 e. The first-order chi connectivity index (χ1) is 22.0. The van der Waals surface area contributed by atoms with Crippen molar-refractivity contribution in [2.24, 2.45) is 10.9 Å². The molecule has 1 spiro atoms. The third-order valence-electron chi connectivity index (χ3n) is 11.5. The molecule has 8 heteroatoms. The zero-order valence-corrected chi connectivity index (χ0v) is 26.9. The molecule has 8 nitrogen and oxygen atoms in total. The summed E-state index contributed by atoms with van der Waals surface area (Å²) in [4.78, 5) is 11.1. The number of phenols is 1. The summed E-state index contributed by atoms with van der Waals surface area (Å²) in [7, 11) is 0. The Morgan fingerprint density at radius 2 is 1.96 bits per heavy atom. The number of aromatic nitrogens is 1. The highest BCUT2D eigenvalue weighted by atomic mass is 16.5. The third kappa shape index (κ3) is 4.57. The number of aromatic hydroxyl groups is 1. The molecule has 1 saturated carbocycles. The molecule has 8 rings (SSSR count). The molecule has 0 amide bonds. The second-order valence-electron chi connectivity index (χ2n) is 14.4. The molecule has 1 saturated heterocycles. The SMILES string of the molecule is CCCCN=C(NCCCC)NCCc1ccc2[nH]c3c(c2c1)C[C@@]1(O)[C@@H]2Cc4ccc(O)c5c4[C@@]1(CCN2CC1CC1)[C@H]3O5. The molecule has 0 unspecified atom stereocenters. The first kappa shape index (κ1) is 29.2. The number of aliphatic hydroxyl groups is 1. The normalized spacial score (nSPS) is 28.1. The van der Waals surface area contributed by atoms with E-state index in [2.05, 4.69) is 58.6 Å². The number of unbranched alkanes of at least 4 members (excludes halogenated alkanes) is 2. The molecule has 240 valence electrons. The molecule has 2 aromatic carbocycles. The van der Waals surface area contributed by atoms with Crippen molar-refractivity contribution in [1.82, 2.24) is 20.5 Å². The van der Waals surface area contributed by atoms with Gasteiger partial charge in [0.15, 0.2) is 23.6 Å². The van der Waals surface area contributed by atoms with Crippen molar-refractivity contribution in [3.05, 3.63) is 58.3 Å². The van der Waals surface area contributed by atoms with Gasteiger partial charge >= 0.3 is 0 Å². The molecule has 4 atom stereocenters. The molecule has 3 aromatic rings. The molecule has 45 heavy (non-hydrogen) atoms. The lowest BCUT2D eigenvalue weighted by atomic mass is 9.49. The van der Waals surface area contributed by atoms with E-state index in [-0.39, 0.29) is 17.9 Å². The van der Waals surface area contributed by atoms with E-state index < -0.39 is 11.0 Å². The van der Waals surface area contributed by atoms with Crippen LogP contribution < -0.4 is 15.4 Å². The number of hydrogen-bond acceptors (Lipinski definition) is 5. The molecule has 2 aliphatic heterocycles.